The first-order chi connectivity index (χ1) is 13.3. The van der Waals surface area contributed by atoms with Gasteiger partial charge in [0.15, 0.2) is 0 Å². The molecule has 0 fully saturated rings. The molecule has 0 saturated heterocycles. The molecular weight excluding hydrogens is 340 g/mol. The van der Waals surface area contributed by atoms with E-state index < -0.39 is 0 Å². The molecule has 0 radical (unpaired) electrons. The maximum atomic E-state index is 11.7. The first kappa shape index (κ1) is 18.3. The number of benzene rings is 3. The van der Waals surface area contributed by atoms with Gasteiger partial charge in [-0.05, 0) is 29.0 Å². The molecule has 3 aromatic carbocycles. The first-order valence-electron chi connectivity index (χ1n) is 8.73. The van der Waals surface area contributed by atoms with Gasteiger partial charge < -0.3 is 14.8 Å². The third kappa shape index (κ3) is 4.99. The summed E-state index contributed by atoms with van der Waals surface area (Å²) >= 11 is 0. The molecule has 1 N–H and O–H groups in total. The van der Waals surface area contributed by atoms with Crippen LogP contribution in [0.15, 0.2) is 66.7 Å². The number of para-hydroxylation sites is 1. The highest BCUT2D eigenvalue weighted by atomic mass is 16.5. The molecule has 0 aromatic heterocycles. The third-order valence-corrected chi connectivity index (χ3v) is 4.05. The summed E-state index contributed by atoms with van der Waals surface area (Å²) in [5, 5.41) is 13.5. The molecule has 0 bridgehead atoms. The minimum absolute atomic E-state index is 0.161. The van der Waals surface area contributed by atoms with Gasteiger partial charge in [-0.1, -0.05) is 48.5 Å². The van der Waals surface area contributed by atoms with E-state index in [1.165, 1.54) is 0 Å². The van der Waals surface area contributed by atoms with Crippen LogP contribution in [0.5, 0.6) is 11.5 Å². The minimum atomic E-state index is -0.302. The average Bonchev–Trinajstić information content (AvgIpc) is 2.71. The average molecular weight is 360 g/mol. The molecule has 0 aliphatic carbocycles. The van der Waals surface area contributed by atoms with Gasteiger partial charge in [-0.3, -0.25) is 4.79 Å². The Morgan fingerprint density at radius 2 is 1.67 bits per heavy atom. The van der Waals surface area contributed by atoms with E-state index in [1.54, 1.807) is 0 Å². The summed E-state index contributed by atoms with van der Waals surface area (Å²) in [6, 6.07) is 23.2. The van der Waals surface area contributed by atoms with Gasteiger partial charge in [-0.2, -0.15) is 5.26 Å². The molecule has 136 valence electrons. The Bertz CT molecular complexity index is 949. The van der Waals surface area contributed by atoms with Gasteiger partial charge >= 0.3 is 0 Å². The van der Waals surface area contributed by atoms with E-state index in [9.17, 15) is 4.79 Å². The molecule has 5 heteroatoms. The Balaban J connectivity index is 1.70. The second-order valence-electron chi connectivity index (χ2n) is 5.88. The van der Waals surface area contributed by atoms with Crippen molar-refractivity contribution in [3.8, 4) is 17.6 Å². The van der Waals surface area contributed by atoms with Crippen molar-refractivity contribution in [3.63, 3.8) is 0 Å². The number of carbonyl (C=O) groups is 1. The summed E-state index contributed by atoms with van der Waals surface area (Å²) < 4.78 is 11.6. The Kier molecular flexibility index (Phi) is 6.26. The van der Waals surface area contributed by atoms with Crippen LogP contribution in [-0.4, -0.2) is 19.1 Å². The van der Waals surface area contributed by atoms with E-state index in [0.717, 1.165) is 22.1 Å². The molecule has 0 spiro atoms. The number of nitrogens with zero attached hydrogens (tertiary/aromatic N) is 1. The zero-order valence-electron chi connectivity index (χ0n) is 14.9. The largest absolute Gasteiger partial charge is 0.490 e. The van der Waals surface area contributed by atoms with Crippen molar-refractivity contribution < 1.29 is 14.3 Å². The van der Waals surface area contributed by atoms with Crippen LogP contribution in [0.4, 0.5) is 0 Å². The van der Waals surface area contributed by atoms with Gasteiger partial charge in [0.2, 0.25) is 5.91 Å². The summed E-state index contributed by atoms with van der Waals surface area (Å²) in [5.41, 5.74) is 0.888. The number of carbonyl (C=O) groups excluding carboxylic acids is 1. The van der Waals surface area contributed by atoms with Crippen LogP contribution in [0.2, 0.25) is 0 Å². The van der Waals surface area contributed by atoms with Crippen molar-refractivity contribution in [2.24, 2.45) is 0 Å². The van der Waals surface area contributed by atoms with Crippen LogP contribution >= 0.6 is 0 Å². The summed E-state index contributed by atoms with van der Waals surface area (Å²) in [6.07, 6.45) is -0.161. The number of nitrogens with one attached hydrogen (secondary N) is 1. The number of hydrogen-bond donors (Lipinski definition) is 1. The maximum Gasteiger partial charge on any atom is 0.234 e. The second kappa shape index (κ2) is 9.25. The van der Waals surface area contributed by atoms with E-state index in [2.05, 4.69) is 5.32 Å². The lowest BCUT2D eigenvalue weighted by Crippen LogP contribution is -2.22. The van der Waals surface area contributed by atoms with Gasteiger partial charge in [0.1, 0.15) is 31.1 Å². The van der Waals surface area contributed by atoms with Crippen LogP contribution in [0.3, 0.4) is 0 Å². The molecule has 3 rings (SSSR count). The molecule has 0 atom stereocenters. The number of nitriles is 1. The van der Waals surface area contributed by atoms with Gasteiger partial charge in [0, 0.05) is 12.1 Å². The fourth-order valence-electron chi connectivity index (χ4n) is 2.78. The molecule has 5 nitrogen and oxygen atoms in total. The maximum absolute atomic E-state index is 11.7. The topological polar surface area (TPSA) is 71.4 Å². The van der Waals surface area contributed by atoms with Crippen LogP contribution in [0, 0.1) is 11.3 Å². The molecule has 0 aliphatic rings. The van der Waals surface area contributed by atoms with Crippen molar-refractivity contribution in [1.82, 2.24) is 5.32 Å². The molecule has 27 heavy (non-hydrogen) atoms. The van der Waals surface area contributed by atoms with Gasteiger partial charge in [-0.25, -0.2) is 0 Å². The Labute approximate surface area is 158 Å². The number of rotatable bonds is 8. The standard InChI is InChI=1S/C22H20N2O3/c23-13-12-22(25)24-16-20-19-9-5-4-6-17(19)10-11-21(20)27-15-14-26-18-7-2-1-3-8-18/h1-11H,12,14-16H2,(H,24,25). The third-order valence-electron chi connectivity index (χ3n) is 4.05. The van der Waals surface area contributed by atoms with Crippen molar-refractivity contribution in [3.05, 3.63) is 72.3 Å². The number of ether oxygens (including phenoxy) is 2. The molecule has 0 saturated carbocycles. The number of fused-ring (bicyclic) bond motifs is 1. The predicted molar refractivity (Wildman–Crippen MR) is 103 cm³/mol. The van der Waals surface area contributed by atoms with Crippen molar-refractivity contribution >= 4 is 16.7 Å². The van der Waals surface area contributed by atoms with Gasteiger partial charge in [0.05, 0.1) is 6.07 Å². The highest BCUT2D eigenvalue weighted by molar-refractivity contribution is 5.88. The minimum Gasteiger partial charge on any atom is -0.490 e. The molecular formula is C22H20N2O3. The predicted octanol–water partition coefficient (Wildman–Crippen LogP) is 3.83. The lowest BCUT2D eigenvalue weighted by molar-refractivity contribution is -0.120. The first-order valence-corrected chi connectivity index (χ1v) is 8.73. The van der Waals surface area contributed by atoms with Crippen LogP contribution in [0.1, 0.15) is 12.0 Å². The zero-order valence-corrected chi connectivity index (χ0v) is 14.9. The van der Waals surface area contributed by atoms with Gasteiger partial charge in [-0.15, -0.1) is 0 Å². The molecule has 1 amide bonds. The van der Waals surface area contributed by atoms with E-state index in [0.29, 0.717) is 25.5 Å². The lowest BCUT2D eigenvalue weighted by atomic mass is 10.0. The van der Waals surface area contributed by atoms with Gasteiger partial charge in [0.25, 0.3) is 0 Å². The van der Waals surface area contributed by atoms with Crippen molar-refractivity contribution in [1.29, 1.82) is 5.26 Å². The van der Waals surface area contributed by atoms with Crippen LogP contribution in [0.25, 0.3) is 10.8 Å². The summed E-state index contributed by atoms with van der Waals surface area (Å²) in [4.78, 5) is 11.7. The SMILES string of the molecule is N#CCC(=O)NCc1c(OCCOc2ccccc2)ccc2ccccc12. The lowest BCUT2D eigenvalue weighted by Gasteiger charge is -2.15. The monoisotopic (exact) mass is 360 g/mol. The Hall–Kier alpha value is -3.52. The van der Waals surface area contributed by atoms with Crippen LogP contribution < -0.4 is 14.8 Å². The van der Waals surface area contributed by atoms with E-state index >= 15 is 0 Å². The Morgan fingerprint density at radius 1 is 0.926 bits per heavy atom. The van der Waals surface area contributed by atoms with Crippen molar-refractivity contribution in [2.75, 3.05) is 13.2 Å². The highest BCUT2D eigenvalue weighted by Crippen LogP contribution is 2.28. The van der Waals surface area contributed by atoms with E-state index in [4.69, 9.17) is 14.7 Å². The molecule has 0 heterocycles. The summed E-state index contributed by atoms with van der Waals surface area (Å²) in [5.74, 6) is 1.19. The van der Waals surface area contributed by atoms with E-state index in [-0.39, 0.29) is 12.3 Å². The summed E-state index contributed by atoms with van der Waals surface area (Å²) in [6.45, 7) is 1.10. The fourth-order valence-corrected chi connectivity index (χ4v) is 2.78. The normalized spacial score (nSPS) is 10.2. The fraction of sp³-hybridized carbons (Fsp3) is 0.182. The number of hydrogen-bond acceptors (Lipinski definition) is 4. The smallest absolute Gasteiger partial charge is 0.234 e. The quantitative estimate of drug-likeness (QED) is 0.620. The molecule has 0 aliphatic heterocycles. The zero-order chi connectivity index (χ0) is 18.9. The van der Waals surface area contributed by atoms with Crippen LogP contribution in [-0.2, 0) is 11.3 Å². The second-order valence-corrected chi connectivity index (χ2v) is 5.88. The highest BCUT2D eigenvalue weighted by Gasteiger charge is 2.10. The summed E-state index contributed by atoms with van der Waals surface area (Å²) in [7, 11) is 0. The molecule has 3 aromatic rings. The molecule has 0 unspecified atom stereocenters. The van der Waals surface area contributed by atoms with Crippen molar-refractivity contribution in [2.45, 2.75) is 13.0 Å². The van der Waals surface area contributed by atoms with E-state index in [1.807, 2.05) is 72.8 Å². The Morgan fingerprint density at radius 3 is 2.48 bits per heavy atom. The number of amides is 1.